The van der Waals surface area contributed by atoms with Gasteiger partial charge in [0, 0.05) is 25.3 Å². The molecule has 0 spiro atoms. The van der Waals surface area contributed by atoms with Gasteiger partial charge in [0.1, 0.15) is 4.90 Å². The van der Waals surface area contributed by atoms with Crippen molar-refractivity contribution in [3.05, 3.63) is 58.6 Å². The zero-order chi connectivity index (χ0) is 19.7. The van der Waals surface area contributed by atoms with Crippen LogP contribution in [-0.4, -0.2) is 32.7 Å². The number of amides is 1. The van der Waals surface area contributed by atoms with Crippen LogP contribution in [0.25, 0.3) is 0 Å². The fourth-order valence-corrected chi connectivity index (χ4v) is 3.69. The van der Waals surface area contributed by atoms with Gasteiger partial charge in [-0.3, -0.25) is 4.79 Å². The van der Waals surface area contributed by atoms with Crippen molar-refractivity contribution < 1.29 is 13.2 Å². The third-order valence-electron chi connectivity index (χ3n) is 3.96. The van der Waals surface area contributed by atoms with Gasteiger partial charge in [-0.1, -0.05) is 44.5 Å². The molecule has 0 bridgehead atoms. The van der Waals surface area contributed by atoms with Gasteiger partial charge in [0.2, 0.25) is 10.0 Å². The van der Waals surface area contributed by atoms with E-state index in [1.807, 2.05) is 24.3 Å². The van der Waals surface area contributed by atoms with Gasteiger partial charge in [0.15, 0.2) is 0 Å². The van der Waals surface area contributed by atoms with Crippen LogP contribution in [0.4, 0.5) is 5.69 Å². The van der Waals surface area contributed by atoms with Crippen LogP contribution in [0.2, 0.25) is 5.02 Å². The number of carbonyl (C=O) groups excluding carboxylic acids is 1. The van der Waals surface area contributed by atoms with Gasteiger partial charge in [-0.15, -0.1) is 0 Å². The first-order chi connectivity index (χ1) is 11.9. The monoisotopic (exact) mass is 394 g/mol. The predicted octanol–water partition coefficient (Wildman–Crippen LogP) is 4.14. The Hall–Kier alpha value is -1.89. The van der Waals surface area contributed by atoms with E-state index in [1.54, 1.807) is 0 Å². The molecule has 0 fully saturated rings. The highest BCUT2D eigenvalue weighted by molar-refractivity contribution is 7.89. The molecule has 0 aromatic heterocycles. The van der Waals surface area contributed by atoms with E-state index in [4.69, 9.17) is 11.6 Å². The Bertz CT molecular complexity index is 915. The fraction of sp³-hybridized carbons (Fsp3) is 0.316. The van der Waals surface area contributed by atoms with Gasteiger partial charge in [0.25, 0.3) is 5.91 Å². The smallest absolute Gasteiger partial charge is 0.255 e. The minimum atomic E-state index is -3.74. The normalized spacial score (nSPS) is 12.3. The first kappa shape index (κ1) is 20.4. The van der Waals surface area contributed by atoms with Gasteiger partial charge >= 0.3 is 0 Å². The average Bonchev–Trinajstić information content (AvgIpc) is 2.54. The number of rotatable bonds is 4. The molecular weight excluding hydrogens is 372 g/mol. The number of nitrogens with zero attached hydrogens (tertiary/aromatic N) is 1. The summed E-state index contributed by atoms with van der Waals surface area (Å²) in [6.45, 7) is 6.34. The van der Waals surface area contributed by atoms with Crippen LogP contribution >= 0.6 is 11.6 Å². The SMILES string of the molecule is CN(C)S(=O)(=O)c1cc(C(=O)Nc2ccc(C(C)(C)C)cc2)ccc1Cl. The number of hydrogen-bond donors (Lipinski definition) is 1. The molecule has 26 heavy (non-hydrogen) atoms. The van der Waals surface area contributed by atoms with Crippen molar-refractivity contribution in [2.75, 3.05) is 19.4 Å². The second-order valence-corrected chi connectivity index (χ2v) is 9.74. The van der Waals surface area contributed by atoms with Crippen LogP contribution < -0.4 is 5.32 Å². The lowest BCUT2D eigenvalue weighted by Gasteiger charge is -2.19. The zero-order valence-corrected chi connectivity index (χ0v) is 17.1. The summed E-state index contributed by atoms with van der Waals surface area (Å²) in [6.07, 6.45) is 0. The van der Waals surface area contributed by atoms with E-state index in [9.17, 15) is 13.2 Å². The number of carbonyl (C=O) groups is 1. The third kappa shape index (κ3) is 4.44. The van der Waals surface area contributed by atoms with E-state index in [0.717, 1.165) is 9.87 Å². The van der Waals surface area contributed by atoms with E-state index >= 15 is 0 Å². The molecule has 0 saturated heterocycles. The molecule has 5 nitrogen and oxygen atoms in total. The number of anilines is 1. The van der Waals surface area contributed by atoms with E-state index in [1.165, 1.54) is 32.3 Å². The van der Waals surface area contributed by atoms with Gasteiger partial charge in [-0.05, 0) is 41.3 Å². The van der Waals surface area contributed by atoms with Gasteiger partial charge in [-0.25, -0.2) is 12.7 Å². The summed E-state index contributed by atoms with van der Waals surface area (Å²) >= 11 is 6.01. The molecule has 1 amide bonds. The summed E-state index contributed by atoms with van der Waals surface area (Å²) in [5.74, 6) is -0.402. The van der Waals surface area contributed by atoms with E-state index < -0.39 is 15.9 Å². The fourth-order valence-electron chi connectivity index (χ4n) is 2.30. The lowest BCUT2D eigenvalue weighted by Crippen LogP contribution is -2.23. The van der Waals surface area contributed by atoms with Crippen LogP contribution in [0.5, 0.6) is 0 Å². The van der Waals surface area contributed by atoms with Crippen LogP contribution in [-0.2, 0) is 15.4 Å². The Morgan fingerprint density at radius 1 is 1.04 bits per heavy atom. The molecule has 140 valence electrons. The second-order valence-electron chi connectivity index (χ2n) is 7.21. The number of halogens is 1. The topological polar surface area (TPSA) is 66.5 Å². The van der Waals surface area contributed by atoms with Gasteiger partial charge < -0.3 is 5.32 Å². The molecule has 0 aliphatic heterocycles. The molecule has 0 heterocycles. The number of nitrogens with one attached hydrogen (secondary N) is 1. The molecule has 0 unspecified atom stereocenters. The molecule has 0 saturated carbocycles. The highest BCUT2D eigenvalue weighted by Crippen LogP contribution is 2.26. The summed E-state index contributed by atoms with van der Waals surface area (Å²) in [4.78, 5) is 12.4. The maximum absolute atomic E-state index is 12.5. The van der Waals surface area contributed by atoms with E-state index in [-0.39, 0.29) is 20.9 Å². The van der Waals surface area contributed by atoms with Crippen molar-refractivity contribution >= 4 is 33.2 Å². The second kappa shape index (κ2) is 7.39. The molecule has 0 atom stereocenters. The minimum absolute atomic E-state index is 0.0220. The Morgan fingerprint density at radius 2 is 1.62 bits per heavy atom. The third-order valence-corrected chi connectivity index (χ3v) is 6.26. The standard InChI is InChI=1S/C19H23ClN2O3S/c1-19(2,3)14-7-9-15(10-8-14)21-18(23)13-6-11-16(20)17(12-13)26(24,25)22(4)5/h6-12H,1-5H3,(H,21,23). The largest absolute Gasteiger partial charge is 0.322 e. The maximum atomic E-state index is 12.5. The van der Waals surface area contributed by atoms with Gasteiger partial charge in [0.05, 0.1) is 5.02 Å². The maximum Gasteiger partial charge on any atom is 0.255 e. The lowest BCUT2D eigenvalue weighted by atomic mass is 9.87. The van der Waals surface area contributed by atoms with Crippen molar-refractivity contribution in [3.63, 3.8) is 0 Å². The summed E-state index contributed by atoms with van der Waals surface area (Å²) in [7, 11) is -0.913. The molecular formula is C19H23ClN2O3S. The van der Waals surface area contributed by atoms with Crippen molar-refractivity contribution in [2.24, 2.45) is 0 Å². The highest BCUT2D eigenvalue weighted by Gasteiger charge is 2.22. The zero-order valence-electron chi connectivity index (χ0n) is 15.5. The summed E-state index contributed by atoms with van der Waals surface area (Å²) in [5, 5.41) is 2.85. The molecule has 7 heteroatoms. The Kier molecular flexibility index (Phi) is 5.80. The highest BCUT2D eigenvalue weighted by atomic mass is 35.5. The van der Waals surface area contributed by atoms with E-state index in [0.29, 0.717) is 5.69 Å². The van der Waals surface area contributed by atoms with Crippen molar-refractivity contribution in [1.82, 2.24) is 4.31 Å². The molecule has 2 aromatic rings. The molecule has 2 aromatic carbocycles. The molecule has 0 aliphatic carbocycles. The molecule has 1 N–H and O–H groups in total. The van der Waals surface area contributed by atoms with Crippen LogP contribution in [0.3, 0.4) is 0 Å². The molecule has 0 radical (unpaired) electrons. The Labute approximate surface area is 160 Å². The van der Waals surface area contributed by atoms with Crippen molar-refractivity contribution in [3.8, 4) is 0 Å². The van der Waals surface area contributed by atoms with Crippen LogP contribution in [0, 0.1) is 0 Å². The van der Waals surface area contributed by atoms with Crippen LogP contribution in [0.15, 0.2) is 47.4 Å². The number of benzene rings is 2. The minimum Gasteiger partial charge on any atom is -0.322 e. The lowest BCUT2D eigenvalue weighted by molar-refractivity contribution is 0.102. The average molecular weight is 395 g/mol. The van der Waals surface area contributed by atoms with Gasteiger partial charge in [-0.2, -0.15) is 0 Å². The molecule has 0 aliphatic rings. The first-order valence-electron chi connectivity index (χ1n) is 8.07. The first-order valence-corrected chi connectivity index (χ1v) is 9.88. The van der Waals surface area contributed by atoms with Crippen molar-refractivity contribution in [2.45, 2.75) is 31.1 Å². The predicted molar refractivity (Wildman–Crippen MR) is 105 cm³/mol. The summed E-state index contributed by atoms with van der Waals surface area (Å²) in [5.41, 5.74) is 2.03. The summed E-state index contributed by atoms with van der Waals surface area (Å²) in [6, 6.07) is 11.8. The van der Waals surface area contributed by atoms with Crippen LogP contribution in [0.1, 0.15) is 36.7 Å². The quantitative estimate of drug-likeness (QED) is 0.847. The Morgan fingerprint density at radius 3 is 2.12 bits per heavy atom. The number of hydrogen-bond acceptors (Lipinski definition) is 3. The molecule has 2 rings (SSSR count). The summed E-state index contributed by atoms with van der Waals surface area (Å²) < 4.78 is 25.7. The Balaban J connectivity index is 2.28. The number of sulfonamides is 1. The van der Waals surface area contributed by atoms with E-state index in [2.05, 4.69) is 26.1 Å². The van der Waals surface area contributed by atoms with Crippen molar-refractivity contribution in [1.29, 1.82) is 0 Å².